The van der Waals surface area contributed by atoms with Gasteiger partial charge in [0.15, 0.2) is 17.0 Å². The van der Waals surface area contributed by atoms with E-state index in [0.717, 1.165) is 6.42 Å². The average Bonchev–Trinajstić information content (AvgIpc) is 3.59. The number of fused-ring (bicyclic) bond motifs is 1. The van der Waals surface area contributed by atoms with E-state index >= 15 is 0 Å². The molecule has 3 aromatic rings. The highest BCUT2D eigenvalue weighted by atomic mass is 19.3. The van der Waals surface area contributed by atoms with Gasteiger partial charge in [-0.25, -0.2) is 9.67 Å². The lowest BCUT2D eigenvalue weighted by molar-refractivity contribution is -0.129. The number of nitrogens with zero attached hydrogens (tertiary/aromatic N) is 8. The number of hydrogen-bond acceptors (Lipinski definition) is 9. The lowest BCUT2D eigenvalue weighted by Crippen LogP contribution is -2.52. The van der Waals surface area contributed by atoms with Crippen molar-refractivity contribution in [2.24, 2.45) is 5.92 Å². The zero-order valence-electron chi connectivity index (χ0n) is 21.5. The highest BCUT2D eigenvalue weighted by molar-refractivity contribution is 5.89. The van der Waals surface area contributed by atoms with E-state index in [1.165, 1.54) is 24.8 Å². The Balaban J connectivity index is 1.37. The SMILES string of the molecule is C=CC(=O)N1CC(C)CC(NC(=O)CNc2nc(N3CCOCC3)nc3c2ncn3-c2cnn(C(F)F)c2)C1. The summed E-state index contributed by atoms with van der Waals surface area (Å²) in [4.78, 5) is 42.3. The number of ether oxygens (including phenoxy) is 1. The van der Waals surface area contributed by atoms with Crippen LogP contribution in [0.1, 0.15) is 19.9 Å². The summed E-state index contributed by atoms with van der Waals surface area (Å²) >= 11 is 0. The van der Waals surface area contributed by atoms with Crippen molar-refractivity contribution >= 4 is 34.7 Å². The number of carbonyl (C=O) groups excluding carboxylic acids is 2. The fraction of sp³-hybridized carbons (Fsp3) is 0.500. The first kappa shape index (κ1) is 26.5. The van der Waals surface area contributed by atoms with Crippen molar-refractivity contribution in [3.8, 4) is 5.69 Å². The molecule has 208 valence electrons. The molecule has 2 N–H and O–H groups in total. The molecule has 0 spiro atoms. The van der Waals surface area contributed by atoms with E-state index in [4.69, 9.17) is 4.74 Å². The van der Waals surface area contributed by atoms with Crippen molar-refractivity contribution in [3.63, 3.8) is 0 Å². The minimum atomic E-state index is -2.78. The molecule has 2 saturated heterocycles. The maximum atomic E-state index is 13.1. The van der Waals surface area contributed by atoms with Crippen molar-refractivity contribution in [1.29, 1.82) is 0 Å². The van der Waals surface area contributed by atoms with Crippen LogP contribution in [0.15, 0.2) is 31.4 Å². The molecule has 2 aliphatic heterocycles. The summed E-state index contributed by atoms with van der Waals surface area (Å²) in [5, 5.41) is 9.76. The van der Waals surface area contributed by atoms with Gasteiger partial charge >= 0.3 is 6.55 Å². The number of aromatic nitrogens is 6. The highest BCUT2D eigenvalue weighted by Gasteiger charge is 2.28. The zero-order chi connectivity index (χ0) is 27.5. The molecule has 0 aliphatic carbocycles. The molecule has 2 unspecified atom stereocenters. The summed E-state index contributed by atoms with van der Waals surface area (Å²) in [5.41, 5.74) is 1.11. The molecule has 0 aromatic carbocycles. The number of nitrogens with one attached hydrogen (secondary N) is 2. The molecule has 15 heteroatoms. The molecule has 39 heavy (non-hydrogen) atoms. The van der Waals surface area contributed by atoms with Crippen LogP contribution in [0, 0.1) is 5.92 Å². The van der Waals surface area contributed by atoms with Crippen LogP contribution in [0.25, 0.3) is 16.9 Å². The van der Waals surface area contributed by atoms with Gasteiger partial charge in [0.25, 0.3) is 0 Å². The molecular formula is C24H30F2N10O3. The van der Waals surface area contributed by atoms with Crippen LogP contribution >= 0.6 is 0 Å². The number of halogens is 2. The van der Waals surface area contributed by atoms with Crippen molar-refractivity contribution in [2.75, 3.05) is 56.2 Å². The maximum Gasteiger partial charge on any atom is 0.333 e. The normalized spacial score (nSPS) is 19.9. The number of amides is 2. The predicted molar refractivity (Wildman–Crippen MR) is 138 cm³/mol. The van der Waals surface area contributed by atoms with Crippen LogP contribution in [0.3, 0.4) is 0 Å². The first-order chi connectivity index (χ1) is 18.8. The molecule has 0 saturated carbocycles. The van der Waals surface area contributed by atoms with Crippen LogP contribution in [-0.4, -0.2) is 98.0 Å². The summed E-state index contributed by atoms with van der Waals surface area (Å²) in [5.74, 6) is 0.537. The quantitative estimate of drug-likeness (QED) is 0.401. The number of anilines is 2. The number of likely N-dealkylation sites (tertiary alicyclic amines) is 1. The van der Waals surface area contributed by atoms with Gasteiger partial charge in [-0.1, -0.05) is 13.5 Å². The van der Waals surface area contributed by atoms with Crippen molar-refractivity contribution in [2.45, 2.75) is 25.9 Å². The highest BCUT2D eigenvalue weighted by Crippen LogP contribution is 2.26. The van der Waals surface area contributed by atoms with Gasteiger partial charge in [-0.2, -0.15) is 23.8 Å². The third kappa shape index (κ3) is 5.82. The topological polar surface area (TPSA) is 135 Å². The number of alkyl halides is 2. The molecular weight excluding hydrogens is 514 g/mol. The van der Waals surface area contributed by atoms with Gasteiger partial charge in [-0.05, 0) is 18.4 Å². The van der Waals surface area contributed by atoms with Gasteiger partial charge in [0.2, 0.25) is 17.8 Å². The number of hydrogen-bond donors (Lipinski definition) is 2. The van der Waals surface area contributed by atoms with Crippen molar-refractivity contribution < 1.29 is 23.1 Å². The second-order valence-electron chi connectivity index (χ2n) is 9.62. The van der Waals surface area contributed by atoms with Gasteiger partial charge in [0.05, 0.1) is 37.8 Å². The van der Waals surface area contributed by atoms with Crippen LogP contribution < -0.4 is 15.5 Å². The Hall–Kier alpha value is -4.14. The lowest BCUT2D eigenvalue weighted by Gasteiger charge is -2.36. The van der Waals surface area contributed by atoms with E-state index in [1.54, 1.807) is 9.47 Å². The van der Waals surface area contributed by atoms with E-state index < -0.39 is 6.55 Å². The molecule has 13 nitrogen and oxygen atoms in total. The fourth-order valence-corrected chi connectivity index (χ4v) is 4.87. The van der Waals surface area contributed by atoms with Crippen LogP contribution in [0.4, 0.5) is 20.5 Å². The number of morpholine rings is 1. The number of rotatable bonds is 8. The van der Waals surface area contributed by atoms with E-state index in [1.807, 2.05) is 11.8 Å². The van der Waals surface area contributed by atoms with E-state index in [0.29, 0.717) is 72.7 Å². The Kier molecular flexibility index (Phi) is 7.67. The smallest absolute Gasteiger partial charge is 0.333 e. The standard InChI is InChI=1S/C24H30F2N10O3/c1-3-19(38)34-11-15(2)8-16(12-34)30-18(37)10-27-21-20-22(32-24(31-21)33-4-6-39-7-5-33)35(14-28-20)17-9-29-36(13-17)23(25)26/h3,9,13-16,23H,1,4-8,10-12H2,2H3,(H,30,37)(H,27,31,32). The Bertz CT molecular complexity index is 1350. The van der Waals surface area contributed by atoms with Crippen LogP contribution in [0.2, 0.25) is 0 Å². The summed E-state index contributed by atoms with van der Waals surface area (Å²) in [6.45, 7) is 5.91. The fourth-order valence-electron chi connectivity index (χ4n) is 4.87. The Labute approximate surface area is 222 Å². The molecule has 2 atom stereocenters. The predicted octanol–water partition coefficient (Wildman–Crippen LogP) is 1.19. The number of carbonyl (C=O) groups is 2. The lowest BCUT2D eigenvalue weighted by atomic mass is 9.96. The van der Waals surface area contributed by atoms with Gasteiger partial charge in [0, 0.05) is 32.2 Å². The second-order valence-corrected chi connectivity index (χ2v) is 9.62. The third-order valence-corrected chi connectivity index (χ3v) is 6.67. The van der Waals surface area contributed by atoms with Gasteiger partial charge in [0.1, 0.15) is 6.33 Å². The van der Waals surface area contributed by atoms with E-state index in [2.05, 4.69) is 37.3 Å². The Morgan fingerprint density at radius 2 is 2.05 bits per heavy atom. The first-order valence-corrected chi connectivity index (χ1v) is 12.7. The first-order valence-electron chi connectivity index (χ1n) is 12.7. The molecule has 0 bridgehead atoms. The average molecular weight is 545 g/mol. The van der Waals surface area contributed by atoms with E-state index in [-0.39, 0.29) is 30.3 Å². The van der Waals surface area contributed by atoms with Gasteiger partial charge in [-0.3, -0.25) is 14.2 Å². The van der Waals surface area contributed by atoms with Crippen LogP contribution in [-0.2, 0) is 14.3 Å². The number of piperidine rings is 1. The molecule has 5 rings (SSSR count). The van der Waals surface area contributed by atoms with Crippen molar-refractivity contribution in [1.82, 2.24) is 39.5 Å². The summed E-state index contributed by atoms with van der Waals surface area (Å²) in [6, 6.07) is -0.188. The zero-order valence-corrected chi connectivity index (χ0v) is 21.5. The van der Waals surface area contributed by atoms with Crippen LogP contribution in [0.5, 0.6) is 0 Å². The molecule has 2 amide bonds. The minimum absolute atomic E-state index is 0.0921. The molecule has 2 aliphatic rings. The number of imidazole rings is 1. The summed E-state index contributed by atoms with van der Waals surface area (Å²) in [7, 11) is 0. The third-order valence-electron chi connectivity index (χ3n) is 6.67. The Morgan fingerprint density at radius 1 is 1.26 bits per heavy atom. The van der Waals surface area contributed by atoms with E-state index in [9.17, 15) is 18.4 Å². The summed E-state index contributed by atoms with van der Waals surface area (Å²) < 4.78 is 33.8. The second kappa shape index (κ2) is 11.3. The van der Waals surface area contributed by atoms with Gasteiger partial charge < -0.3 is 25.2 Å². The maximum absolute atomic E-state index is 13.1. The monoisotopic (exact) mass is 544 g/mol. The Morgan fingerprint density at radius 3 is 2.77 bits per heavy atom. The van der Waals surface area contributed by atoms with Gasteiger partial charge in [-0.15, -0.1) is 0 Å². The largest absolute Gasteiger partial charge is 0.378 e. The van der Waals surface area contributed by atoms with Crippen molar-refractivity contribution in [3.05, 3.63) is 31.4 Å². The molecule has 5 heterocycles. The molecule has 0 radical (unpaired) electrons. The molecule has 3 aromatic heterocycles. The molecule has 2 fully saturated rings. The summed E-state index contributed by atoms with van der Waals surface area (Å²) in [6.07, 6.45) is 5.99. The minimum Gasteiger partial charge on any atom is -0.378 e.